The minimum Gasteiger partial charge on any atom is -0.393 e. The largest absolute Gasteiger partial charge is 0.416 e. The molecule has 8 heteroatoms. The molecule has 0 radical (unpaired) electrons. The maximum Gasteiger partial charge on any atom is 0.416 e. The van der Waals surface area contributed by atoms with Gasteiger partial charge in [-0.2, -0.15) is 13.2 Å². The fraction of sp³-hybridized carbons (Fsp3) is 0.417. The molecule has 5 nitrogen and oxygen atoms in total. The molecule has 0 aliphatic heterocycles. The van der Waals surface area contributed by atoms with E-state index in [1.54, 1.807) is 0 Å². The smallest absolute Gasteiger partial charge is 0.393 e. The van der Waals surface area contributed by atoms with Gasteiger partial charge in [0.1, 0.15) is 0 Å². The van der Waals surface area contributed by atoms with Crippen LogP contribution >= 0.6 is 0 Å². The van der Waals surface area contributed by atoms with E-state index in [2.05, 4.69) is 10.6 Å². The van der Waals surface area contributed by atoms with Crippen LogP contribution in [0.3, 0.4) is 0 Å². The van der Waals surface area contributed by atoms with Gasteiger partial charge in [-0.15, -0.1) is 0 Å². The van der Waals surface area contributed by atoms with Gasteiger partial charge in [0.05, 0.1) is 17.7 Å². The number of hydrogen-bond acceptors (Lipinski definition) is 3. The molecular weight excluding hydrogens is 419 g/mol. The Hall–Kier alpha value is -2.87. The molecule has 0 bridgehead atoms. The van der Waals surface area contributed by atoms with E-state index in [0.717, 1.165) is 48.4 Å². The predicted octanol–water partition coefficient (Wildman–Crippen LogP) is 5.08. The summed E-state index contributed by atoms with van der Waals surface area (Å²) in [6.45, 7) is 0. The van der Waals surface area contributed by atoms with Crippen LogP contribution in [0.25, 0.3) is 0 Å². The van der Waals surface area contributed by atoms with Gasteiger partial charge in [0.15, 0.2) is 0 Å². The van der Waals surface area contributed by atoms with Crippen molar-refractivity contribution in [1.29, 1.82) is 0 Å². The highest BCUT2D eigenvalue weighted by atomic mass is 19.4. The number of anilines is 1. The molecule has 0 spiro atoms. The molecule has 3 N–H and O–H groups in total. The Morgan fingerprint density at radius 1 is 0.938 bits per heavy atom. The van der Waals surface area contributed by atoms with E-state index >= 15 is 0 Å². The average molecular weight is 445 g/mol. The van der Waals surface area contributed by atoms with Gasteiger partial charge in [-0.3, -0.25) is 10.1 Å². The van der Waals surface area contributed by atoms with E-state index in [-0.39, 0.29) is 23.7 Å². The second kappa shape index (κ2) is 9.32. The second-order valence-electron chi connectivity index (χ2n) is 8.46. The van der Waals surface area contributed by atoms with Crippen molar-refractivity contribution in [2.24, 2.45) is 4.99 Å². The topological polar surface area (TPSA) is 73.7 Å². The van der Waals surface area contributed by atoms with Crippen molar-refractivity contribution in [1.82, 2.24) is 5.32 Å². The molecule has 2 aromatic rings. The third-order valence-corrected chi connectivity index (χ3v) is 5.92. The Balaban J connectivity index is 1.54. The first kappa shape index (κ1) is 22.3. The van der Waals surface area contributed by atoms with Crippen molar-refractivity contribution >= 4 is 17.6 Å². The van der Waals surface area contributed by atoms with Crippen molar-refractivity contribution in [2.45, 2.75) is 62.8 Å². The van der Waals surface area contributed by atoms with Crippen molar-refractivity contribution in [3.63, 3.8) is 0 Å². The summed E-state index contributed by atoms with van der Waals surface area (Å²) in [5, 5.41) is 15.7. The average Bonchev–Trinajstić information content (AvgIpc) is 3.60. The van der Waals surface area contributed by atoms with Gasteiger partial charge in [0, 0.05) is 11.3 Å². The number of alkyl halides is 3. The monoisotopic (exact) mass is 445 g/mol. The minimum atomic E-state index is -4.46. The van der Waals surface area contributed by atoms with Crippen molar-refractivity contribution in [3.05, 3.63) is 65.2 Å². The summed E-state index contributed by atoms with van der Waals surface area (Å²) in [6.07, 6.45) is 0.142. The molecule has 2 fully saturated rings. The molecule has 4 rings (SSSR count). The number of benzene rings is 2. The highest BCUT2D eigenvalue weighted by Crippen LogP contribution is 2.43. The van der Waals surface area contributed by atoms with E-state index < -0.39 is 17.6 Å². The van der Waals surface area contributed by atoms with Gasteiger partial charge < -0.3 is 10.4 Å². The van der Waals surface area contributed by atoms with Crippen molar-refractivity contribution in [3.8, 4) is 0 Å². The molecule has 1 amide bonds. The number of nitrogens with zero attached hydrogens (tertiary/aromatic N) is 1. The quantitative estimate of drug-likeness (QED) is 0.454. The Morgan fingerprint density at radius 2 is 1.59 bits per heavy atom. The molecule has 170 valence electrons. The number of aliphatic hydroxyl groups is 1. The van der Waals surface area contributed by atoms with Crippen molar-refractivity contribution in [2.75, 3.05) is 5.32 Å². The van der Waals surface area contributed by atoms with E-state index in [9.17, 15) is 23.1 Å². The number of nitrogens with one attached hydrogen (secondary N) is 2. The molecule has 2 aliphatic carbocycles. The summed E-state index contributed by atoms with van der Waals surface area (Å²) < 4.78 is 38.5. The summed E-state index contributed by atoms with van der Waals surface area (Å²) in [5.41, 5.74) is 1.32. The molecule has 0 heterocycles. The zero-order valence-electron chi connectivity index (χ0n) is 17.5. The van der Waals surface area contributed by atoms with Gasteiger partial charge in [-0.05, 0) is 80.3 Å². The van der Waals surface area contributed by atoms with E-state index in [1.807, 2.05) is 24.3 Å². The van der Waals surface area contributed by atoms with Crippen molar-refractivity contribution < 1.29 is 23.1 Å². The third kappa shape index (κ3) is 5.68. The SMILES string of the molecule is O=C(NC(=NC1CCC(O)CC1)Nc1ccccc1C1CC1)c1ccc(C(F)(F)F)cc1. The Morgan fingerprint density at radius 3 is 2.22 bits per heavy atom. The first-order valence-corrected chi connectivity index (χ1v) is 10.9. The van der Waals surface area contributed by atoms with E-state index in [0.29, 0.717) is 31.6 Å². The Bertz CT molecular complexity index is 977. The van der Waals surface area contributed by atoms with Crippen LogP contribution in [0, 0.1) is 0 Å². The van der Waals surface area contributed by atoms with Gasteiger partial charge >= 0.3 is 6.18 Å². The van der Waals surface area contributed by atoms with Crippen LogP contribution in [-0.4, -0.2) is 29.1 Å². The number of hydrogen-bond donors (Lipinski definition) is 3. The van der Waals surface area contributed by atoms with Gasteiger partial charge in [-0.25, -0.2) is 4.99 Å². The number of carbonyl (C=O) groups excluding carboxylic acids is 1. The van der Waals surface area contributed by atoms with Gasteiger partial charge in [-0.1, -0.05) is 18.2 Å². The number of rotatable bonds is 4. The number of aliphatic hydroxyl groups excluding tert-OH is 1. The molecule has 2 saturated carbocycles. The standard InChI is InChI=1S/C24H26F3N3O2/c25-24(26,27)17-9-7-16(8-10-17)22(32)30-23(28-18-11-13-19(31)14-12-18)29-21-4-2-1-3-20(21)15-5-6-15/h1-4,7-10,15,18-19,31H,5-6,11-14H2,(H2,28,29,30,32). The summed E-state index contributed by atoms with van der Waals surface area (Å²) in [5.74, 6) is 0.213. The molecule has 0 aromatic heterocycles. The van der Waals surface area contributed by atoms with Crippen LogP contribution in [-0.2, 0) is 6.18 Å². The van der Waals surface area contributed by atoms with Crippen LogP contribution in [0.15, 0.2) is 53.5 Å². The van der Waals surface area contributed by atoms with Crippen LogP contribution in [0.4, 0.5) is 18.9 Å². The lowest BCUT2D eigenvalue weighted by atomic mass is 9.94. The second-order valence-corrected chi connectivity index (χ2v) is 8.46. The van der Waals surface area contributed by atoms with Crippen LogP contribution in [0.5, 0.6) is 0 Å². The molecular formula is C24H26F3N3O2. The van der Waals surface area contributed by atoms with Gasteiger partial charge in [0.25, 0.3) is 5.91 Å². The predicted molar refractivity (Wildman–Crippen MR) is 117 cm³/mol. The fourth-order valence-electron chi connectivity index (χ4n) is 3.94. The molecule has 32 heavy (non-hydrogen) atoms. The summed E-state index contributed by atoms with van der Waals surface area (Å²) >= 11 is 0. The lowest BCUT2D eigenvalue weighted by Crippen LogP contribution is -2.38. The molecule has 0 unspecified atom stereocenters. The fourth-order valence-corrected chi connectivity index (χ4v) is 3.94. The molecule has 0 saturated heterocycles. The number of para-hydroxylation sites is 1. The first-order chi connectivity index (χ1) is 15.3. The number of halogens is 3. The number of guanidine groups is 1. The number of amides is 1. The van der Waals surface area contributed by atoms with E-state index in [4.69, 9.17) is 4.99 Å². The normalized spacial score (nSPS) is 21.8. The summed E-state index contributed by atoms with van der Waals surface area (Å²) in [7, 11) is 0. The highest BCUT2D eigenvalue weighted by molar-refractivity contribution is 6.10. The maximum atomic E-state index is 12.8. The number of aliphatic imine (C=N–C) groups is 1. The lowest BCUT2D eigenvalue weighted by molar-refractivity contribution is -0.137. The molecule has 2 aromatic carbocycles. The Kier molecular flexibility index (Phi) is 6.50. The van der Waals surface area contributed by atoms with Gasteiger partial charge in [0.2, 0.25) is 5.96 Å². The first-order valence-electron chi connectivity index (χ1n) is 10.9. The highest BCUT2D eigenvalue weighted by Gasteiger charge is 2.30. The molecule has 2 aliphatic rings. The zero-order valence-corrected chi connectivity index (χ0v) is 17.5. The number of carbonyl (C=O) groups is 1. The molecule has 0 atom stereocenters. The zero-order chi connectivity index (χ0) is 22.7. The maximum absolute atomic E-state index is 12.8. The summed E-state index contributed by atoms with van der Waals surface area (Å²) in [6, 6.07) is 11.9. The third-order valence-electron chi connectivity index (χ3n) is 5.92. The minimum absolute atomic E-state index is 0.0538. The lowest BCUT2D eigenvalue weighted by Gasteiger charge is -2.24. The Labute approximate surface area is 184 Å². The van der Waals surface area contributed by atoms with E-state index in [1.165, 1.54) is 0 Å². The van der Waals surface area contributed by atoms with Crippen LogP contribution in [0.1, 0.15) is 65.9 Å². The van der Waals surface area contributed by atoms with Crippen LogP contribution < -0.4 is 10.6 Å². The van der Waals surface area contributed by atoms with Crippen LogP contribution in [0.2, 0.25) is 0 Å². The summed E-state index contributed by atoms with van der Waals surface area (Å²) in [4.78, 5) is 17.5.